The van der Waals surface area contributed by atoms with Gasteiger partial charge in [-0.15, -0.1) is 0 Å². The number of rotatable bonds is 8. The van der Waals surface area contributed by atoms with Gasteiger partial charge in [-0.05, 0) is 100.0 Å². The zero-order valence-electron chi connectivity index (χ0n) is 38.9. The molecule has 0 aliphatic carbocycles. The zero-order valence-corrected chi connectivity index (χ0v) is 38.9. The smallest absolute Gasteiger partial charge is 0.159 e. The number of aliphatic imine (C=N–C) groups is 1. The van der Waals surface area contributed by atoms with Gasteiger partial charge in [-0.1, -0.05) is 183 Å². The van der Waals surface area contributed by atoms with Crippen molar-refractivity contribution in [3.05, 3.63) is 253 Å². The molecule has 1 N–H and O–H groups in total. The Balaban J connectivity index is 1.06. The highest BCUT2D eigenvalue weighted by Gasteiger charge is 2.29. The number of furan rings is 2. The molecule has 1 atom stereocenters. The molecule has 10 aromatic carbocycles. The van der Waals surface area contributed by atoms with Crippen molar-refractivity contribution in [2.75, 3.05) is 0 Å². The third-order valence-corrected chi connectivity index (χ3v) is 14.4. The van der Waals surface area contributed by atoms with Gasteiger partial charge in [-0.3, -0.25) is 4.99 Å². The Labute approximate surface area is 410 Å². The second-order valence-electron chi connectivity index (χ2n) is 18.5. The third kappa shape index (κ3) is 6.65. The molecule has 0 fully saturated rings. The molecular formula is C66H45N3O2. The van der Waals surface area contributed by atoms with Crippen LogP contribution >= 0.6 is 0 Å². The van der Waals surface area contributed by atoms with E-state index < -0.39 is 0 Å². The van der Waals surface area contributed by atoms with Crippen LogP contribution in [0.4, 0.5) is 0 Å². The molecule has 14 rings (SSSR count). The predicted octanol–water partition coefficient (Wildman–Crippen LogP) is 17.5. The molecule has 4 heterocycles. The van der Waals surface area contributed by atoms with E-state index in [9.17, 15) is 0 Å². The molecule has 0 radical (unpaired) electrons. The number of allylic oxidation sites excluding steroid dienone is 1. The lowest BCUT2D eigenvalue weighted by atomic mass is 9.89. The van der Waals surface area contributed by atoms with Gasteiger partial charge in [0.1, 0.15) is 22.9 Å². The molecule has 71 heavy (non-hydrogen) atoms. The first-order valence-electron chi connectivity index (χ1n) is 24.4. The highest BCUT2D eigenvalue weighted by molar-refractivity contribution is 6.28. The van der Waals surface area contributed by atoms with E-state index in [4.69, 9.17) is 13.8 Å². The van der Waals surface area contributed by atoms with Crippen molar-refractivity contribution in [1.29, 1.82) is 0 Å². The first kappa shape index (κ1) is 40.8. The van der Waals surface area contributed by atoms with Crippen molar-refractivity contribution in [3.8, 4) is 39.1 Å². The van der Waals surface area contributed by atoms with Crippen molar-refractivity contribution >= 4 is 77.1 Å². The van der Waals surface area contributed by atoms with Crippen LogP contribution in [0.3, 0.4) is 0 Å². The summed E-state index contributed by atoms with van der Waals surface area (Å²) in [5, 5.41) is 10.5. The number of para-hydroxylation sites is 2. The van der Waals surface area contributed by atoms with Gasteiger partial charge in [0.25, 0.3) is 0 Å². The van der Waals surface area contributed by atoms with Crippen LogP contribution in [0.15, 0.2) is 250 Å². The number of aromatic nitrogens is 1. The molecule has 336 valence electrons. The molecule has 13 aromatic rings. The van der Waals surface area contributed by atoms with Gasteiger partial charge in [-0.25, -0.2) is 0 Å². The fraction of sp³-hybridized carbons (Fsp3) is 0.0455. The minimum absolute atomic E-state index is 0.310. The normalized spacial score (nSPS) is 14.0. The number of hydrogen-bond donors (Lipinski definition) is 1. The van der Waals surface area contributed by atoms with E-state index in [1.807, 2.05) is 12.1 Å². The molecule has 1 unspecified atom stereocenters. The Morgan fingerprint density at radius 3 is 1.69 bits per heavy atom. The van der Waals surface area contributed by atoms with Crippen molar-refractivity contribution < 1.29 is 8.83 Å². The minimum atomic E-state index is -0.310. The van der Waals surface area contributed by atoms with E-state index in [0.29, 0.717) is 0 Å². The predicted molar refractivity (Wildman–Crippen MR) is 294 cm³/mol. The molecule has 0 saturated heterocycles. The summed E-state index contributed by atoms with van der Waals surface area (Å²) in [7, 11) is 0. The van der Waals surface area contributed by atoms with Crippen molar-refractivity contribution in [1.82, 2.24) is 9.88 Å². The van der Waals surface area contributed by atoms with Crippen LogP contribution in [0.5, 0.6) is 0 Å². The monoisotopic (exact) mass is 911 g/mol. The zero-order chi connectivity index (χ0) is 47.0. The van der Waals surface area contributed by atoms with Gasteiger partial charge in [0.2, 0.25) is 0 Å². The van der Waals surface area contributed by atoms with E-state index in [1.54, 1.807) is 0 Å². The first-order chi connectivity index (χ1) is 35.2. The Hall–Kier alpha value is -9.19. The molecule has 5 heteroatoms. The van der Waals surface area contributed by atoms with Gasteiger partial charge < -0.3 is 18.7 Å². The van der Waals surface area contributed by atoms with Crippen molar-refractivity contribution in [3.63, 3.8) is 0 Å². The molecule has 0 bridgehead atoms. The molecule has 0 amide bonds. The van der Waals surface area contributed by atoms with E-state index in [0.717, 1.165) is 112 Å². The summed E-state index contributed by atoms with van der Waals surface area (Å²) in [5.74, 6) is 0. The van der Waals surface area contributed by atoms with Crippen LogP contribution in [0, 0.1) is 0 Å². The van der Waals surface area contributed by atoms with Crippen LogP contribution < -0.4 is 5.32 Å². The average molecular weight is 912 g/mol. The summed E-state index contributed by atoms with van der Waals surface area (Å²) in [6, 6.07) is 82.1. The number of nitrogens with one attached hydrogen (secondary N) is 1. The van der Waals surface area contributed by atoms with Gasteiger partial charge in [-0.2, -0.15) is 0 Å². The molecule has 0 saturated carbocycles. The molecule has 0 spiro atoms. The minimum Gasteiger partial charge on any atom is -0.456 e. The highest BCUT2D eigenvalue weighted by atomic mass is 16.3. The van der Waals surface area contributed by atoms with Crippen LogP contribution in [0.1, 0.15) is 36.2 Å². The Morgan fingerprint density at radius 1 is 0.437 bits per heavy atom. The molecule has 1 aliphatic heterocycles. The topological polar surface area (TPSA) is 55.6 Å². The Morgan fingerprint density at radius 2 is 1.01 bits per heavy atom. The highest BCUT2D eigenvalue weighted by Crippen LogP contribution is 2.46. The number of hydrogen-bond acceptors (Lipinski definition) is 4. The van der Waals surface area contributed by atoms with Gasteiger partial charge >= 0.3 is 0 Å². The second kappa shape index (κ2) is 16.5. The quantitative estimate of drug-likeness (QED) is 0.165. The van der Waals surface area contributed by atoms with Crippen LogP contribution in [0.2, 0.25) is 0 Å². The van der Waals surface area contributed by atoms with Crippen molar-refractivity contribution in [2.24, 2.45) is 4.99 Å². The standard InChI is InChI=1S/C66H45N3O2/c1-2-48-62(43-22-11-5-12-23-43)67-66(44-24-13-6-14-25-44)68-63(48)52-35-34-49(47-30-33-51-50-26-15-16-29-59(50)70-60(51)40-47)65-61(52)53-27-17-28-58(64(53)71-65)69-56-36-31-45(41-18-7-3-8-19-41)38-54(56)55-39-46(32-37-57(55)69)42-20-9-4-10-21-42/h3-40,66-67H,2H2,1H3. The van der Waals surface area contributed by atoms with Crippen LogP contribution in [0.25, 0.3) is 110 Å². The summed E-state index contributed by atoms with van der Waals surface area (Å²) in [6.07, 6.45) is 0.455. The largest absolute Gasteiger partial charge is 0.456 e. The van der Waals surface area contributed by atoms with Crippen LogP contribution in [-0.4, -0.2) is 10.3 Å². The summed E-state index contributed by atoms with van der Waals surface area (Å²) in [6.45, 7) is 2.23. The van der Waals surface area contributed by atoms with E-state index in [1.165, 1.54) is 33.0 Å². The maximum absolute atomic E-state index is 7.53. The molecule has 3 aromatic heterocycles. The summed E-state index contributed by atoms with van der Waals surface area (Å²) >= 11 is 0. The lowest BCUT2D eigenvalue weighted by molar-refractivity contribution is 0.657. The average Bonchev–Trinajstić information content (AvgIpc) is 4.13. The maximum Gasteiger partial charge on any atom is 0.159 e. The Bertz CT molecular complexity index is 4180. The summed E-state index contributed by atoms with van der Waals surface area (Å²) < 4.78 is 16.4. The van der Waals surface area contributed by atoms with Gasteiger partial charge in [0.15, 0.2) is 5.58 Å². The SMILES string of the molecule is CCC1=C(c2ccccc2)NC(c2ccccc2)N=C1c1ccc(-c2ccc3c(c2)oc2ccccc23)c2oc3c(-n4c5ccc(-c6ccccc6)cc5c5cc(-c6ccccc6)ccc54)cccc3c12. The van der Waals surface area contributed by atoms with E-state index >= 15 is 0 Å². The Kier molecular flexibility index (Phi) is 9.49. The summed E-state index contributed by atoms with van der Waals surface area (Å²) in [5.41, 5.74) is 19.6. The number of benzene rings is 10. The number of nitrogens with zero attached hydrogens (tertiary/aromatic N) is 2. The first-order valence-corrected chi connectivity index (χ1v) is 24.4. The number of fused-ring (bicyclic) bond motifs is 9. The molecular weight excluding hydrogens is 867 g/mol. The molecule has 1 aliphatic rings. The maximum atomic E-state index is 7.53. The lowest BCUT2D eigenvalue weighted by Gasteiger charge is -2.29. The van der Waals surface area contributed by atoms with Gasteiger partial charge in [0.05, 0.1) is 22.4 Å². The fourth-order valence-electron chi connectivity index (χ4n) is 11.1. The fourth-order valence-corrected chi connectivity index (χ4v) is 11.1. The van der Waals surface area contributed by atoms with Crippen molar-refractivity contribution in [2.45, 2.75) is 19.5 Å². The summed E-state index contributed by atoms with van der Waals surface area (Å²) in [4.78, 5) is 5.66. The second-order valence-corrected chi connectivity index (χ2v) is 18.5. The third-order valence-electron chi connectivity index (χ3n) is 14.4. The van der Waals surface area contributed by atoms with Gasteiger partial charge in [0, 0.05) is 54.7 Å². The van der Waals surface area contributed by atoms with E-state index in [-0.39, 0.29) is 6.17 Å². The molecule has 5 nitrogen and oxygen atoms in total. The lowest BCUT2D eigenvalue weighted by Crippen LogP contribution is -2.28. The van der Waals surface area contributed by atoms with E-state index in [2.05, 4.69) is 235 Å². The van der Waals surface area contributed by atoms with Crippen LogP contribution in [-0.2, 0) is 0 Å².